The van der Waals surface area contributed by atoms with Gasteiger partial charge >= 0.3 is 0 Å². The first-order valence-electron chi connectivity index (χ1n) is 5.23. The highest BCUT2D eigenvalue weighted by atomic mass is 79.9. The molecule has 1 aromatic rings. The molecule has 1 rings (SSSR count). The van der Waals surface area contributed by atoms with E-state index in [1.165, 1.54) is 0 Å². The summed E-state index contributed by atoms with van der Waals surface area (Å²) in [5, 5.41) is 3.30. The Labute approximate surface area is 115 Å². The maximum Gasteiger partial charge on any atom is 0.241 e. The largest absolute Gasteiger partial charge is 0.325 e. The summed E-state index contributed by atoms with van der Waals surface area (Å²) < 4.78 is 0.789. The monoisotopic (exact) mass is 318 g/mol. The topological polar surface area (TPSA) is 55.1 Å². The fourth-order valence-corrected chi connectivity index (χ4v) is 1.61. The summed E-state index contributed by atoms with van der Waals surface area (Å²) in [5.41, 5.74) is 6.22. The lowest BCUT2D eigenvalue weighted by atomic mass is 9.87. The Bertz CT molecular complexity index is 429. The van der Waals surface area contributed by atoms with E-state index in [0.717, 1.165) is 4.47 Å². The maximum atomic E-state index is 11.9. The summed E-state index contributed by atoms with van der Waals surface area (Å²) in [7, 11) is 0. The third-order valence-electron chi connectivity index (χ3n) is 2.40. The van der Waals surface area contributed by atoms with Crippen LogP contribution in [0.4, 0.5) is 5.69 Å². The zero-order valence-electron chi connectivity index (χ0n) is 10.1. The van der Waals surface area contributed by atoms with Crippen LogP contribution in [-0.4, -0.2) is 11.9 Å². The van der Waals surface area contributed by atoms with E-state index in [0.29, 0.717) is 10.7 Å². The van der Waals surface area contributed by atoms with E-state index >= 15 is 0 Å². The second-order valence-corrected chi connectivity index (χ2v) is 6.22. The zero-order valence-corrected chi connectivity index (χ0v) is 12.4. The molecule has 1 amide bonds. The van der Waals surface area contributed by atoms with E-state index in [2.05, 4.69) is 21.2 Å². The Morgan fingerprint density at radius 1 is 1.47 bits per heavy atom. The van der Waals surface area contributed by atoms with Gasteiger partial charge < -0.3 is 11.1 Å². The molecule has 0 aromatic heterocycles. The molecule has 0 unspecified atom stereocenters. The third kappa shape index (κ3) is 3.98. The number of hydrogen-bond acceptors (Lipinski definition) is 2. The third-order valence-corrected chi connectivity index (χ3v) is 3.64. The van der Waals surface area contributed by atoms with Crippen molar-refractivity contribution < 1.29 is 4.79 Å². The second-order valence-electron chi connectivity index (χ2n) is 4.96. The van der Waals surface area contributed by atoms with Crippen molar-refractivity contribution in [3.63, 3.8) is 0 Å². The predicted octanol–water partition coefficient (Wildman–Crippen LogP) is 3.41. The zero-order chi connectivity index (χ0) is 13.2. The second kappa shape index (κ2) is 5.38. The minimum atomic E-state index is -0.565. The van der Waals surface area contributed by atoms with Gasteiger partial charge in [-0.15, -0.1) is 0 Å². The van der Waals surface area contributed by atoms with Gasteiger partial charge in [-0.25, -0.2) is 0 Å². The highest BCUT2D eigenvalue weighted by molar-refractivity contribution is 9.10. The van der Waals surface area contributed by atoms with Crippen LogP contribution >= 0.6 is 27.5 Å². The van der Waals surface area contributed by atoms with Crippen molar-refractivity contribution >= 4 is 39.1 Å². The molecule has 0 aliphatic rings. The molecular weight excluding hydrogens is 304 g/mol. The Balaban J connectivity index is 2.78. The number of nitrogens with one attached hydrogen (secondary N) is 1. The summed E-state index contributed by atoms with van der Waals surface area (Å²) in [5.74, 6) is -0.212. The van der Waals surface area contributed by atoms with Crippen molar-refractivity contribution in [2.24, 2.45) is 11.1 Å². The average molecular weight is 320 g/mol. The molecule has 0 heterocycles. The lowest BCUT2D eigenvalue weighted by Gasteiger charge is -2.25. The molecule has 94 valence electrons. The summed E-state index contributed by atoms with van der Waals surface area (Å²) in [6.07, 6.45) is 0. The number of benzene rings is 1. The molecule has 5 heteroatoms. The minimum absolute atomic E-state index is 0.212. The smallest absolute Gasteiger partial charge is 0.241 e. The lowest BCUT2D eigenvalue weighted by molar-refractivity contribution is -0.119. The van der Waals surface area contributed by atoms with Crippen LogP contribution in [-0.2, 0) is 4.79 Å². The van der Waals surface area contributed by atoms with Crippen molar-refractivity contribution in [2.45, 2.75) is 26.8 Å². The van der Waals surface area contributed by atoms with Crippen molar-refractivity contribution in [1.82, 2.24) is 0 Å². The fourth-order valence-electron chi connectivity index (χ4n) is 1.19. The van der Waals surface area contributed by atoms with Gasteiger partial charge in [0, 0.05) is 10.2 Å². The number of nitrogens with two attached hydrogens (primary N) is 1. The number of carbonyl (C=O) groups excluding carboxylic acids is 1. The van der Waals surface area contributed by atoms with Gasteiger partial charge in [0.15, 0.2) is 0 Å². The van der Waals surface area contributed by atoms with Crippen molar-refractivity contribution in [1.29, 1.82) is 0 Å². The number of anilines is 1. The first kappa shape index (κ1) is 14.5. The normalized spacial score (nSPS) is 13.3. The van der Waals surface area contributed by atoms with Gasteiger partial charge in [0.2, 0.25) is 5.91 Å². The van der Waals surface area contributed by atoms with Crippen LogP contribution in [0.5, 0.6) is 0 Å². The van der Waals surface area contributed by atoms with Crippen molar-refractivity contribution in [2.75, 3.05) is 5.32 Å². The molecule has 1 aromatic carbocycles. The first-order chi connectivity index (χ1) is 7.71. The summed E-state index contributed by atoms with van der Waals surface area (Å²) in [6.45, 7) is 5.77. The van der Waals surface area contributed by atoms with Crippen LogP contribution < -0.4 is 11.1 Å². The van der Waals surface area contributed by atoms with Crippen LogP contribution in [0.1, 0.15) is 20.8 Å². The number of hydrogen-bond donors (Lipinski definition) is 2. The van der Waals surface area contributed by atoms with Crippen LogP contribution in [0.25, 0.3) is 0 Å². The van der Waals surface area contributed by atoms with Crippen LogP contribution in [0.15, 0.2) is 22.7 Å². The molecular formula is C12H16BrClN2O. The summed E-state index contributed by atoms with van der Waals surface area (Å²) in [6, 6.07) is 4.66. The first-order valence-corrected chi connectivity index (χ1v) is 6.40. The van der Waals surface area contributed by atoms with Gasteiger partial charge in [0.05, 0.1) is 11.1 Å². The number of halogens is 2. The van der Waals surface area contributed by atoms with Gasteiger partial charge in [-0.3, -0.25) is 4.79 Å². The maximum absolute atomic E-state index is 11.9. The minimum Gasteiger partial charge on any atom is -0.325 e. The molecule has 0 fully saturated rings. The molecule has 0 aliphatic heterocycles. The lowest BCUT2D eigenvalue weighted by Crippen LogP contribution is -2.45. The molecule has 0 saturated carbocycles. The van der Waals surface area contributed by atoms with Gasteiger partial charge in [-0.1, -0.05) is 32.4 Å². The van der Waals surface area contributed by atoms with Gasteiger partial charge in [0.25, 0.3) is 0 Å². The van der Waals surface area contributed by atoms with E-state index in [4.69, 9.17) is 17.3 Å². The number of amides is 1. The number of carbonyl (C=O) groups is 1. The fraction of sp³-hybridized carbons (Fsp3) is 0.417. The molecule has 0 aliphatic carbocycles. The Hall–Kier alpha value is -0.580. The van der Waals surface area contributed by atoms with Crippen molar-refractivity contribution in [3.05, 3.63) is 27.7 Å². The van der Waals surface area contributed by atoms with Crippen LogP contribution in [0, 0.1) is 5.41 Å². The SMILES string of the molecule is CC(C)(C)[C@@H](N)C(=O)Nc1ccc(Br)c(Cl)c1. The van der Waals surface area contributed by atoms with Gasteiger partial charge in [-0.05, 0) is 39.5 Å². The highest BCUT2D eigenvalue weighted by Gasteiger charge is 2.27. The van der Waals surface area contributed by atoms with Gasteiger partial charge in [0.1, 0.15) is 0 Å². The Kier molecular flexibility index (Phi) is 4.58. The van der Waals surface area contributed by atoms with Crippen molar-refractivity contribution in [3.8, 4) is 0 Å². The molecule has 0 bridgehead atoms. The number of rotatable bonds is 2. The molecule has 0 spiro atoms. The molecule has 17 heavy (non-hydrogen) atoms. The van der Waals surface area contributed by atoms with E-state index in [1.54, 1.807) is 18.2 Å². The highest BCUT2D eigenvalue weighted by Crippen LogP contribution is 2.26. The molecule has 3 nitrogen and oxygen atoms in total. The molecule has 0 saturated heterocycles. The average Bonchev–Trinajstić information content (AvgIpc) is 2.21. The van der Waals surface area contributed by atoms with E-state index in [9.17, 15) is 4.79 Å². The standard InChI is InChI=1S/C12H16BrClN2O/c1-12(2,3)10(15)11(17)16-7-4-5-8(13)9(14)6-7/h4-6,10H,15H2,1-3H3,(H,16,17)/t10-/m0/s1. The van der Waals surface area contributed by atoms with Crippen LogP contribution in [0.3, 0.4) is 0 Å². The van der Waals surface area contributed by atoms with Gasteiger partial charge in [-0.2, -0.15) is 0 Å². The quantitative estimate of drug-likeness (QED) is 0.877. The summed E-state index contributed by atoms with van der Waals surface area (Å²) >= 11 is 9.22. The van der Waals surface area contributed by atoms with E-state index < -0.39 is 6.04 Å². The molecule has 1 atom stereocenters. The molecule has 0 radical (unpaired) electrons. The summed E-state index contributed by atoms with van der Waals surface area (Å²) in [4.78, 5) is 11.9. The Morgan fingerprint density at radius 2 is 2.06 bits per heavy atom. The predicted molar refractivity (Wildman–Crippen MR) is 75.2 cm³/mol. The van der Waals surface area contributed by atoms with E-state index in [-0.39, 0.29) is 11.3 Å². The van der Waals surface area contributed by atoms with E-state index in [1.807, 2.05) is 20.8 Å². The Morgan fingerprint density at radius 3 is 2.53 bits per heavy atom. The molecule has 3 N–H and O–H groups in total. The van der Waals surface area contributed by atoms with Crippen LogP contribution in [0.2, 0.25) is 5.02 Å².